The molecule has 0 bridgehead atoms. The highest BCUT2D eigenvalue weighted by Crippen LogP contribution is 2.47. The predicted octanol–water partition coefficient (Wildman–Crippen LogP) is 2.76. The summed E-state index contributed by atoms with van der Waals surface area (Å²) in [4.78, 5) is 10.7. The van der Waals surface area contributed by atoms with Crippen molar-refractivity contribution < 1.29 is 14.4 Å². The molecule has 6 heteroatoms. The summed E-state index contributed by atoms with van der Waals surface area (Å²) in [5, 5.41) is 14.4. The van der Waals surface area contributed by atoms with Crippen molar-refractivity contribution in [2.24, 2.45) is 5.41 Å². The average molecular weight is 294 g/mol. The Balaban J connectivity index is 2.25. The normalized spacial score (nSPS) is 27.8. The maximum Gasteiger partial charge on any atom is 0.311 e. The van der Waals surface area contributed by atoms with Crippen molar-refractivity contribution in [3.63, 3.8) is 0 Å². The molecule has 0 radical (unpaired) electrons. The van der Waals surface area contributed by atoms with Crippen molar-refractivity contribution in [1.82, 2.24) is 5.32 Å². The van der Waals surface area contributed by atoms with Gasteiger partial charge in [0.1, 0.15) is 11.9 Å². The van der Waals surface area contributed by atoms with E-state index in [0.717, 1.165) is 12.8 Å². The summed E-state index contributed by atoms with van der Waals surface area (Å²) in [6.07, 6.45) is 1.75. The van der Waals surface area contributed by atoms with E-state index in [4.69, 9.17) is 9.47 Å². The van der Waals surface area contributed by atoms with Gasteiger partial charge in [-0.2, -0.15) is 0 Å². The highest BCUT2D eigenvalue weighted by Gasteiger charge is 2.51. The Morgan fingerprint density at radius 3 is 2.76 bits per heavy atom. The third kappa shape index (κ3) is 2.68. The number of rotatable bonds is 6. The van der Waals surface area contributed by atoms with Crippen molar-refractivity contribution in [3.05, 3.63) is 28.3 Å². The molecule has 1 aromatic carbocycles. The molecule has 1 fully saturated rings. The van der Waals surface area contributed by atoms with Gasteiger partial charge in [0.25, 0.3) is 0 Å². The molecule has 1 aliphatic rings. The molecule has 1 aromatic rings. The number of nitrogens with zero attached hydrogens (tertiary/aromatic N) is 1. The van der Waals surface area contributed by atoms with Crippen molar-refractivity contribution in [2.75, 3.05) is 14.2 Å². The van der Waals surface area contributed by atoms with Crippen LogP contribution >= 0.6 is 0 Å². The number of hydrogen-bond donors (Lipinski definition) is 1. The molecule has 2 rings (SSSR count). The number of ether oxygens (including phenoxy) is 2. The lowest BCUT2D eigenvalue weighted by atomic mass is 9.61. The second-order valence-corrected chi connectivity index (χ2v) is 5.63. The molecule has 3 atom stereocenters. The van der Waals surface area contributed by atoms with Crippen LogP contribution < -0.4 is 14.8 Å². The number of benzene rings is 1. The molecule has 0 aromatic heterocycles. The van der Waals surface area contributed by atoms with Gasteiger partial charge in [-0.15, -0.1) is 0 Å². The van der Waals surface area contributed by atoms with Crippen molar-refractivity contribution in [1.29, 1.82) is 0 Å². The molecular weight excluding hydrogens is 272 g/mol. The van der Waals surface area contributed by atoms with Crippen LogP contribution in [0.1, 0.15) is 26.7 Å². The summed E-state index contributed by atoms with van der Waals surface area (Å²) in [5.41, 5.74) is -0.0479. The van der Waals surface area contributed by atoms with E-state index in [1.165, 1.54) is 13.2 Å². The van der Waals surface area contributed by atoms with Gasteiger partial charge in [0.05, 0.1) is 12.0 Å². The highest BCUT2D eigenvalue weighted by atomic mass is 16.6. The first-order chi connectivity index (χ1) is 9.96. The summed E-state index contributed by atoms with van der Waals surface area (Å²) in [5.74, 6) is 0.830. The first kappa shape index (κ1) is 15.6. The molecule has 1 saturated carbocycles. The van der Waals surface area contributed by atoms with Crippen molar-refractivity contribution in [2.45, 2.75) is 38.8 Å². The third-order valence-electron chi connectivity index (χ3n) is 4.72. The molecule has 1 aliphatic carbocycles. The van der Waals surface area contributed by atoms with E-state index in [1.54, 1.807) is 12.1 Å². The molecule has 0 spiro atoms. The van der Waals surface area contributed by atoms with Crippen LogP contribution in [0, 0.1) is 15.5 Å². The van der Waals surface area contributed by atoms with Gasteiger partial charge in [-0.25, -0.2) is 0 Å². The summed E-state index contributed by atoms with van der Waals surface area (Å²) in [7, 11) is 3.46. The van der Waals surface area contributed by atoms with E-state index in [0.29, 0.717) is 11.8 Å². The lowest BCUT2D eigenvalue weighted by Crippen LogP contribution is -2.62. The van der Waals surface area contributed by atoms with Crippen molar-refractivity contribution in [3.8, 4) is 11.5 Å². The van der Waals surface area contributed by atoms with Crippen LogP contribution in [0.5, 0.6) is 11.5 Å². The molecule has 3 unspecified atom stereocenters. The van der Waals surface area contributed by atoms with Crippen LogP contribution in [0.3, 0.4) is 0 Å². The molecule has 1 N–H and O–H groups in total. The van der Waals surface area contributed by atoms with Gasteiger partial charge >= 0.3 is 5.69 Å². The number of methoxy groups -OCH3 is 1. The Hall–Kier alpha value is -1.82. The van der Waals surface area contributed by atoms with Gasteiger partial charge in [-0.05, 0) is 19.5 Å². The zero-order valence-corrected chi connectivity index (χ0v) is 12.9. The zero-order chi connectivity index (χ0) is 15.6. The second-order valence-electron chi connectivity index (χ2n) is 5.63. The minimum atomic E-state index is -0.424. The van der Waals surface area contributed by atoms with Gasteiger partial charge in [0, 0.05) is 30.0 Å². The van der Waals surface area contributed by atoms with Gasteiger partial charge in [0.15, 0.2) is 0 Å². The Labute approximate surface area is 124 Å². The van der Waals surface area contributed by atoms with Crippen LogP contribution in [0.4, 0.5) is 5.69 Å². The minimum absolute atomic E-state index is 0.0221. The Morgan fingerprint density at radius 1 is 1.52 bits per heavy atom. The second kappa shape index (κ2) is 5.89. The van der Waals surface area contributed by atoms with Gasteiger partial charge in [0.2, 0.25) is 5.75 Å². The fourth-order valence-electron chi connectivity index (χ4n) is 2.94. The predicted molar refractivity (Wildman–Crippen MR) is 79.9 cm³/mol. The first-order valence-electron chi connectivity index (χ1n) is 7.12. The van der Waals surface area contributed by atoms with E-state index in [-0.39, 0.29) is 23.0 Å². The quantitative estimate of drug-likeness (QED) is 0.645. The van der Waals surface area contributed by atoms with Crippen molar-refractivity contribution >= 4 is 5.69 Å². The number of nitro benzene ring substituents is 1. The maximum atomic E-state index is 11.1. The molecule has 0 heterocycles. The van der Waals surface area contributed by atoms with E-state index in [1.807, 2.05) is 7.05 Å². The van der Waals surface area contributed by atoms with Crippen LogP contribution in [0.25, 0.3) is 0 Å². The molecule has 0 saturated heterocycles. The van der Waals surface area contributed by atoms with Crippen LogP contribution in [0.2, 0.25) is 0 Å². The van der Waals surface area contributed by atoms with Crippen LogP contribution in [-0.2, 0) is 0 Å². The van der Waals surface area contributed by atoms with Gasteiger partial charge in [-0.3, -0.25) is 10.1 Å². The van der Waals surface area contributed by atoms with E-state index >= 15 is 0 Å². The topological polar surface area (TPSA) is 73.6 Å². The Kier molecular flexibility index (Phi) is 4.37. The Morgan fingerprint density at radius 2 is 2.24 bits per heavy atom. The average Bonchev–Trinajstić information content (AvgIpc) is 2.49. The maximum absolute atomic E-state index is 11.1. The molecular formula is C15H22N2O4. The monoisotopic (exact) mass is 294 g/mol. The number of hydrogen-bond acceptors (Lipinski definition) is 5. The van der Waals surface area contributed by atoms with Crippen LogP contribution in [-0.4, -0.2) is 31.2 Å². The molecule has 0 amide bonds. The largest absolute Gasteiger partial charge is 0.497 e. The van der Waals surface area contributed by atoms with E-state index in [2.05, 4.69) is 19.2 Å². The number of nitrogens with one attached hydrogen (secondary N) is 1. The standard InChI is InChI=1S/C15H22N2O4/c1-5-15(2)13(16-3)9-14(15)21-12-8-10(20-4)6-7-11(12)17(18)19/h6-8,13-14,16H,5,9H2,1-4H3. The summed E-state index contributed by atoms with van der Waals surface area (Å²) >= 11 is 0. The lowest BCUT2D eigenvalue weighted by molar-refractivity contribution is -0.386. The molecule has 116 valence electrons. The van der Waals surface area contributed by atoms with Gasteiger partial charge < -0.3 is 14.8 Å². The fraction of sp³-hybridized carbons (Fsp3) is 0.600. The molecule has 6 nitrogen and oxygen atoms in total. The molecule has 0 aliphatic heterocycles. The summed E-state index contributed by atoms with van der Waals surface area (Å²) in [6, 6.07) is 4.95. The number of nitro groups is 1. The van der Waals surface area contributed by atoms with E-state index in [9.17, 15) is 10.1 Å². The first-order valence-corrected chi connectivity index (χ1v) is 7.12. The minimum Gasteiger partial charge on any atom is -0.497 e. The SMILES string of the molecule is CCC1(C)C(NC)CC1Oc1cc(OC)ccc1[N+](=O)[O-]. The summed E-state index contributed by atoms with van der Waals surface area (Å²) in [6.45, 7) is 4.26. The smallest absolute Gasteiger partial charge is 0.311 e. The Bertz CT molecular complexity index is 534. The third-order valence-corrected chi connectivity index (χ3v) is 4.72. The fourth-order valence-corrected chi connectivity index (χ4v) is 2.94. The summed E-state index contributed by atoms with van der Waals surface area (Å²) < 4.78 is 11.1. The van der Waals surface area contributed by atoms with Crippen LogP contribution in [0.15, 0.2) is 18.2 Å². The van der Waals surface area contributed by atoms with Gasteiger partial charge in [-0.1, -0.05) is 13.8 Å². The molecule has 21 heavy (non-hydrogen) atoms. The zero-order valence-electron chi connectivity index (χ0n) is 12.9. The highest BCUT2D eigenvalue weighted by molar-refractivity contribution is 5.50. The van der Waals surface area contributed by atoms with E-state index < -0.39 is 4.92 Å². The lowest BCUT2D eigenvalue weighted by Gasteiger charge is -2.53.